The van der Waals surface area contributed by atoms with Crippen molar-refractivity contribution in [1.82, 2.24) is 4.90 Å². The minimum absolute atomic E-state index is 0.149. The molecular formula is C14H20N2O. The second-order valence-electron chi connectivity index (χ2n) is 5.16. The van der Waals surface area contributed by atoms with Gasteiger partial charge in [-0.15, -0.1) is 0 Å². The van der Waals surface area contributed by atoms with Gasteiger partial charge in [-0.3, -0.25) is 4.79 Å². The van der Waals surface area contributed by atoms with E-state index in [1.54, 1.807) is 0 Å². The Morgan fingerprint density at radius 1 is 1.35 bits per heavy atom. The highest BCUT2D eigenvalue weighted by Gasteiger charge is 2.32. The number of carbonyl (C=O) groups is 1. The monoisotopic (exact) mass is 232 g/mol. The van der Waals surface area contributed by atoms with Crippen LogP contribution in [0.25, 0.3) is 0 Å². The summed E-state index contributed by atoms with van der Waals surface area (Å²) in [5.74, 6) is 0.985. The van der Waals surface area contributed by atoms with Gasteiger partial charge in [-0.25, -0.2) is 0 Å². The molecule has 0 radical (unpaired) electrons. The molecule has 1 aliphatic rings. The van der Waals surface area contributed by atoms with E-state index in [0.29, 0.717) is 5.92 Å². The fourth-order valence-corrected chi connectivity index (χ4v) is 2.17. The van der Waals surface area contributed by atoms with Gasteiger partial charge in [0.05, 0.1) is 5.92 Å². The summed E-state index contributed by atoms with van der Waals surface area (Å²) in [5, 5.41) is 2.95. The predicted octanol–water partition coefficient (Wildman–Crippen LogP) is 2.21. The Kier molecular flexibility index (Phi) is 3.79. The van der Waals surface area contributed by atoms with Gasteiger partial charge in [0.2, 0.25) is 5.91 Å². The zero-order valence-corrected chi connectivity index (χ0v) is 10.5. The molecule has 0 saturated carbocycles. The number of para-hydroxylation sites is 1. The quantitative estimate of drug-likeness (QED) is 0.863. The van der Waals surface area contributed by atoms with Crippen LogP contribution in [0.1, 0.15) is 13.8 Å². The van der Waals surface area contributed by atoms with E-state index in [2.05, 4.69) is 24.1 Å². The van der Waals surface area contributed by atoms with E-state index in [1.807, 2.05) is 30.3 Å². The number of nitrogens with zero attached hydrogens (tertiary/aromatic N) is 1. The molecule has 92 valence electrons. The Balaban J connectivity index is 1.76. The Morgan fingerprint density at radius 2 is 2.00 bits per heavy atom. The zero-order valence-electron chi connectivity index (χ0n) is 10.5. The average Bonchev–Trinajstić information content (AvgIpc) is 2.23. The molecule has 1 saturated heterocycles. The minimum Gasteiger partial charge on any atom is -0.326 e. The number of hydrogen-bond donors (Lipinski definition) is 1. The van der Waals surface area contributed by atoms with Crippen molar-refractivity contribution >= 4 is 11.6 Å². The number of anilines is 1. The van der Waals surface area contributed by atoms with Crippen molar-refractivity contribution in [1.29, 1.82) is 0 Å². The molecule has 1 aliphatic heterocycles. The second-order valence-corrected chi connectivity index (χ2v) is 5.16. The molecule has 0 spiro atoms. The first-order valence-corrected chi connectivity index (χ1v) is 6.23. The molecule has 0 unspecified atom stereocenters. The number of hydrogen-bond acceptors (Lipinski definition) is 2. The van der Waals surface area contributed by atoms with Crippen LogP contribution in [-0.4, -0.2) is 30.4 Å². The number of nitrogens with one attached hydrogen (secondary N) is 1. The average molecular weight is 232 g/mol. The van der Waals surface area contributed by atoms with Crippen LogP contribution in [0.3, 0.4) is 0 Å². The molecule has 17 heavy (non-hydrogen) atoms. The highest BCUT2D eigenvalue weighted by Crippen LogP contribution is 2.19. The van der Waals surface area contributed by atoms with Gasteiger partial charge in [-0.2, -0.15) is 0 Å². The standard InChI is InChI=1S/C14H20N2O/c1-11(2)8-16-9-12(10-16)14(17)15-13-6-4-3-5-7-13/h3-7,11-12H,8-10H2,1-2H3,(H,15,17). The molecule has 1 amide bonds. The molecule has 0 atom stereocenters. The van der Waals surface area contributed by atoms with Crippen LogP contribution in [0, 0.1) is 11.8 Å². The topological polar surface area (TPSA) is 32.3 Å². The number of carbonyl (C=O) groups excluding carboxylic acids is 1. The summed E-state index contributed by atoms with van der Waals surface area (Å²) in [7, 11) is 0. The molecule has 1 N–H and O–H groups in total. The zero-order chi connectivity index (χ0) is 12.3. The van der Waals surface area contributed by atoms with Crippen LogP contribution in [0.2, 0.25) is 0 Å². The van der Waals surface area contributed by atoms with Crippen LogP contribution in [-0.2, 0) is 4.79 Å². The Labute approximate surface area is 103 Å². The maximum Gasteiger partial charge on any atom is 0.230 e. The first-order chi connectivity index (χ1) is 8.15. The summed E-state index contributed by atoms with van der Waals surface area (Å²) in [4.78, 5) is 14.2. The molecular weight excluding hydrogens is 212 g/mol. The molecule has 0 aliphatic carbocycles. The fourth-order valence-electron chi connectivity index (χ4n) is 2.17. The predicted molar refractivity (Wildman–Crippen MR) is 69.8 cm³/mol. The van der Waals surface area contributed by atoms with E-state index >= 15 is 0 Å². The summed E-state index contributed by atoms with van der Waals surface area (Å²) in [6.45, 7) is 7.30. The van der Waals surface area contributed by atoms with Gasteiger partial charge in [0.15, 0.2) is 0 Å². The third kappa shape index (κ3) is 3.30. The van der Waals surface area contributed by atoms with Gasteiger partial charge in [-0.1, -0.05) is 32.0 Å². The summed E-state index contributed by atoms with van der Waals surface area (Å²) in [6.07, 6.45) is 0. The molecule has 0 bridgehead atoms. The molecule has 1 heterocycles. The molecule has 3 nitrogen and oxygen atoms in total. The lowest BCUT2D eigenvalue weighted by molar-refractivity contribution is -0.125. The normalized spacial score (nSPS) is 16.9. The highest BCUT2D eigenvalue weighted by molar-refractivity contribution is 5.93. The minimum atomic E-state index is 0.149. The SMILES string of the molecule is CC(C)CN1CC(C(=O)Nc2ccccc2)C1. The van der Waals surface area contributed by atoms with Crippen molar-refractivity contribution in [2.45, 2.75) is 13.8 Å². The third-order valence-corrected chi connectivity index (χ3v) is 2.99. The van der Waals surface area contributed by atoms with E-state index < -0.39 is 0 Å². The first-order valence-electron chi connectivity index (χ1n) is 6.23. The Hall–Kier alpha value is -1.35. The molecule has 1 aromatic carbocycles. The number of rotatable bonds is 4. The van der Waals surface area contributed by atoms with Gasteiger partial charge in [-0.05, 0) is 18.1 Å². The lowest BCUT2D eigenvalue weighted by Crippen LogP contribution is -2.52. The molecule has 2 rings (SSSR count). The van der Waals surface area contributed by atoms with Gasteiger partial charge >= 0.3 is 0 Å². The maximum atomic E-state index is 11.9. The van der Waals surface area contributed by atoms with Crippen LogP contribution in [0.4, 0.5) is 5.69 Å². The van der Waals surface area contributed by atoms with Crippen molar-refractivity contribution in [2.24, 2.45) is 11.8 Å². The fraction of sp³-hybridized carbons (Fsp3) is 0.500. The summed E-state index contributed by atoms with van der Waals surface area (Å²) < 4.78 is 0. The van der Waals surface area contributed by atoms with Crippen molar-refractivity contribution in [3.05, 3.63) is 30.3 Å². The molecule has 1 fully saturated rings. The summed E-state index contributed by atoms with van der Waals surface area (Å²) in [5.41, 5.74) is 0.889. The van der Waals surface area contributed by atoms with Crippen LogP contribution >= 0.6 is 0 Å². The lowest BCUT2D eigenvalue weighted by atomic mass is 9.97. The molecule has 3 heteroatoms. The maximum absolute atomic E-state index is 11.9. The van der Waals surface area contributed by atoms with Crippen molar-refractivity contribution in [2.75, 3.05) is 25.0 Å². The summed E-state index contributed by atoms with van der Waals surface area (Å²) >= 11 is 0. The van der Waals surface area contributed by atoms with Crippen LogP contribution < -0.4 is 5.32 Å². The Morgan fingerprint density at radius 3 is 2.59 bits per heavy atom. The van der Waals surface area contributed by atoms with Crippen molar-refractivity contribution < 1.29 is 4.79 Å². The molecule has 1 aromatic rings. The lowest BCUT2D eigenvalue weighted by Gasteiger charge is -2.39. The van der Waals surface area contributed by atoms with E-state index in [-0.39, 0.29) is 11.8 Å². The van der Waals surface area contributed by atoms with Gasteiger partial charge in [0.25, 0.3) is 0 Å². The van der Waals surface area contributed by atoms with Gasteiger partial charge < -0.3 is 10.2 Å². The smallest absolute Gasteiger partial charge is 0.230 e. The second kappa shape index (κ2) is 5.32. The Bertz CT molecular complexity index is 369. The first kappa shape index (κ1) is 12.1. The number of benzene rings is 1. The largest absolute Gasteiger partial charge is 0.326 e. The van der Waals surface area contributed by atoms with Crippen molar-refractivity contribution in [3.8, 4) is 0 Å². The highest BCUT2D eigenvalue weighted by atomic mass is 16.2. The van der Waals surface area contributed by atoms with E-state index in [9.17, 15) is 4.79 Å². The molecule has 0 aromatic heterocycles. The van der Waals surface area contributed by atoms with E-state index in [0.717, 1.165) is 25.3 Å². The summed E-state index contributed by atoms with van der Waals surface area (Å²) in [6, 6.07) is 9.65. The van der Waals surface area contributed by atoms with Gasteiger partial charge in [0, 0.05) is 25.3 Å². The van der Waals surface area contributed by atoms with E-state index in [4.69, 9.17) is 0 Å². The van der Waals surface area contributed by atoms with E-state index in [1.165, 1.54) is 0 Å². The van der Waals surface area contributed by atoms with Crippen molar-refractivity contribution in [3.63, 3.8) is 0 Å². The van der Waals surface area contributed by atoms with Crippen LogP contribution in [0.15, 0.2) is 30.3 Å². The van der Waals surface area contributed by atoms with Gasteiger partial charge in [0.1, 0.15) is 0 Å². The third-order valence-electron chi connectivity index (χ3n) is 2.99. The van der Waals surface area contributed by atoms with Crippen LogP contribution in [0.5, 0.6) is 0 Å². The number of likely N-dealkylation sites (tertiary alicyclic amines) is 1. The number of amides is 1.